The lowest BCUT2D eigenvalue weighted by molar-refractivity contribution is -0.274. The second-order valence-corrected chi connectivity index (χ2v) is 6.37. The summed E-state index contributed by atoms with van der Waals surface area (Å²) in [5, 5.41) is 8.01. The molecule has 0 saturated heterocycles. The van der Waals surface area contributed by atoms with Crippen LogP contribution in [0.1, 0.15) is 5.56 Å². The molecule has 29 heavy (non-hydrogen) atoms. The van der Waals surface area contributed by atoms with Gasteiger partial charge in [-0.15, -0.1) is 13.2 Å². The molecule has 1 N–H and O–H groups in total. The quantitative estimate of drug-likeness (QED) is 0.681. The van der Waals surface area contributed by atoms with E-state index in [0.717, 1.165) is 35.6 Å². The van der Waals surface area contributed by atoms with Gasteiger partial charge in [0, 0.05) is 17.7 Å². The molecule has 1 aliphatic rings. The van der Waals surface area contributed by atoms with Gasteiger partial charge in [0.05, 0.1) is 19.9 Å². The minimum Gasteiger partial charge on any atom is -0.497 e. The van der Waals surface area contributed by atoms with Gasteiger partial charge in [0.15, 0.2) is 0 Å². The molecule has 2 aromatic carbocycles. The molecule has 0 unspecified atom stereocenters. The molecule has 6 nitrogen and oxygen atoms in total. The number of benzene rings is 2. The molecule has 0 radical (unpaired) electrons. The van der Waals surface area contributed by atoms with Gasteiger partial charge in [0.2, 0.25) is 0 Å². The van der Waals surface area contributed by atoms with Crippen LogP contribution < -0.4 is 19.5 Å². The Morgan fingerprint density at radius 3 is 2.38 bits per heavy atom. The monoisotopic (exact) mass is 405 g/mol. The van der Waals surface area contributed by atoms with E-state index in [4.69, 9.17) is 14.6 Å². The number of fused-ring (bicyclic) bond motifs is 1. The minimum atomic E-state index is -4.73. The van der Waals surface area contributed by atoms with Crippen LogP contribution in [-0.2, 0) is 6.42 Å². The van der Waals surface area contributed by atoms with Crippen molar-refractivity contribution in [1.82, 2.24) is 9.78 Å². The maximum absolute atomic E-state index is 12.4. The van der Waals surface area contributed by atoms with Crippen molar-refractivity contribution >= 4 is 5.82 Å². The second-order valence-electron chi connectivity index (χ2n) is 6.37. The largest absolute Gasteiger partial charge is 0.573 e. The standard InChI is InChI=1S/C20H18F3N3O3/c1-27-14-7-8-17(28-2)16(11-14)18-15-9-10-24-19(15)26(25-18)12-3-5-13(6-4-12)29-20(21,22)23/h3-8,11,24H,9-10H2,1-2H3. The van der Waals surface area contributed by atoms with Crippen LogP contribution in [0.4, 0.5) is 19.0 Å². The molecule has 0 fully saturated rings. The summed E-state index contributed by atoms with van der Waals surface area (Å²) >= 11 is 0. The fraction of sp³-hybridized carbons (Fsp3) is 0.250. The molecule has 4 rings (SSSR count). The van der Waals surface area contributed by atoms with Crippen molar-refractivity contribution in [2.24, 2.45) is 0 Å². The molecule has 1 aliphatic heterocycles. The fourth-order valence-electron chi connectivity index (χ4n) is 3.37. The number of nitrogens with zero attached hydrogens (tertiary/aromatic N) is 2. The third kappa shape index (κ3) is 3.67. The number of ether oxygens (including phenoxy) is 3. The smallest absolute Gasteiger partial charge is 0.497 e. The Morgan fingerprint density at radius 1 is 1.00 bits per heavy atom. The van der Waals surface area contributed by atoms with E-state index in [9.17, 15) is 13.2 Å². The average Bonchev–Trinajstić information content (AvgIpc) is 3.30. The lowest BCUT2D eigenvalue weighted by Gasteiger charge is -2.11. The maximum Gasteiger partial charge on any atom is 0.573 e. The van der Waals surface area contributed by atoms with E-state index in [1.54, 1.807) is 25.0 Å². The maximum atomic E-state index is 12.4. The summed E-state index contributed by atoms with van der Waals surface area (Å²) in [6.07, 6.45) is -3.97. The number of halogens is 3. The number of methoxy groups -OCH3 is 2. The molecule has 0 atom stereocenters. The average molecular weight is 405 g/mol. The Bertz CT molecular complexity index is 1030. The fourth-order valence-corrected chi connectivity index (χ4v) is 3.37. The SMILES string of the molecule is COc1ccc(OC)c(-c2nn(-c3ccc(OC(F)(F)F)cc3)c3c2CCN3)c1. The van der Waals surface area contributed by atoms with Crippen LogP contribution in [0, 0.1) is 0 Å². The van der Waals surface area contributed by atoms with Crippen LogP contribution in [0.2, 0.25) is 0 Å². The van der Waals surface area contributed by atoms with Crippen molar-refractivity contribution in [2.45, 2.75) is 12.8 Å². The lowest BCUT2D eigenvalue weighted by Crippen LogP contribution is -2.17. The van der Waals surface area contributed by atoms with E-state index in [1.165, 1.54) is 24.3 Å². The van der Waals surface area contributed by atoms with Crippen LogP contribution in [-0.4, -0.2) is 36.9 Å². The first-order valence-corrected chi connectivity index (χ1v) is 8.84. The van der Waals surface area contributed by atoms with Crippen LogP contribution in [0.25, 0.3) is 16.9 Å². The first-order chi connectivity index (χ1) is 13.9. The topological polar surface area (TPSA) is 57.5 Å². The highest BCUT2D eigenvalue weighted by Crippen LogP contribution is 2.40. The predicted molar refractivity (Wildman–Crippen MR) is 101 cm³/mol. The number of alkyl halides is 3. The van der Waals surface area contributed by atoms with Gasteiger partial charge in [-0.05, 0) is 48.9 Å². The van der Waals surface area contributed by atoms with E-state index in [0.29, 0.717) is 17.2 Å². The molecular weight excluding hydrogens is 387 g/mol. The van der Waals surface area contributed by atoms with Crippen molar-refractivity contribution in [1.29, 1.82) is 0 Å². The van der Waals surface area contributed by atoms with Gasteiger partial charge in [0.1, 0.15) is 28.8 Å². The normalized spacial score (nSPS) is 13.0. The molecular formula is C20H18F3N3O3. The van der Waals surface area contributed by atoms with Crippen molar-refractivity contribution in [3.8, 4) is 34.2 Å². The Labute approximate surface area is 164 Å². The van der Waals surface area contributed by atoms with E-state index >= 15 is 0 Å². The number of anilines is 1. The van der Waals surface area contributed by atoms with Gasteiger partial charge in [-0.1, -0.05) is 0 Å². The van der Waals surface area contributed by atoms with Crippen LogP contribution in [0.15, 0.2) is 42.5 Å². The Kier molecular flexibility index (Phi) is 4.73. The molecule has 0 aliphatic carbocycles. The van der Waals surface area contributed by atoms with Gasteiger partial charge >= 0.3 is 6.36 Å². The van der Waals surface area contributed by atoms with E-state index in [-0.39, 0.29) is 5.75 Å². The Hall–Kier alpha value is -3.36. The molecule has 0 bridgehead atoms. The first-order valence-electron chi connectivity index (χ1n) is 8.84. The summed E-state index contributed by atoms with van der Waals surface area (Å²) in [5.74, 6) is 1.84. The summed E-state index contributed by atoms with van der Waals surface area (Å²) in [5.41, 5.74) is 3.13. The van der Waals surface area contributed by atoms with Gasteiger partial charge in [-0.25, -0.2) is 4.68 Å². The zero-order valence-electron chi connectivity index (χ0n) is 15.7. The van der Waals surface area contributed by atoms with Crippen LogP contribution in [0.5, 0.6) is 17.2 Å². The van der Waals surface area contributed by atoms with Gasteiger partial charge in [-0.2, -0.15) is 5.10 Å². The highest BCUT2D eigenvalue weighted by Gasteiger charge is 2.31. The number of nitrogens with one attached hydrogen (secondary N) is 1. The third-order valence-electron chi connectivity index (χ3n) is 4.63. The van der Waals surface area contributed by atoms with E-state index in [1.807, 2.05) is 12.1 Å². The molecule has 3 aromatic rings. The minimum absolute atomic E-state index is 0.285. The lowest BCUT2D eigenvalue weighted by atomic mass is 10.1. The molecule has 1 aromatic heterocycles. The molecule has 152 valence electrons. The molecule has 0 amide bonds. The summed E-state index contributed by atoms with van der Waals surface area (Å²) in [6, 6.07) is 11.0. The van der Waals surface area contributed by atoms with Gasteiger partial charge in [-0.3, -0.25) is 0 Å². The predicted octanol–water partition coefficient (Wildman–Crippen LogP) is 4.42. The highest BCUT2D eigenvalue weighted by molar-refractivity contribution is 5.77. The highest BCUT2D eigenvalue weighted by atomic mass is 19.4. The molecule has 0 spiro atoms. The second kappa shape index (κ2) is 7.23. The van der Waals surface area contributed by atoms with Crippen molar-refractivity contribution in [3.05, 3.63) is 48.0 Å². The number of hydrogen-bond donors (Lipinski definition) is 1. The van der Waals surface area contributed by atoms with Crippen molar-refractivity contribution in [2.75, 3.05) is 26.1 Å². The van der Waals surface area contributed by atoms with Gasteiger partial charge in [0.25, 0.3) is 0 Å². The zero-order chi connectivity index (χ0) is 20.6. The van der Waals surface area contributed by atoms with Crippen LogP contribution >= 0.6 is 0 Å². The molecule has 2 heterocycles. The van der Waals surface area contributed by atoms with Crippen LogP contribution in [0.3, 0.4) is 0 Å². The van der Waals surface area contributed by atoms with E-state index < -0.39 is 6.36 Å². The first kappa shape index (κ1) is 19.0. The number of rotatable bonds is 5. The summed E-state index contributed by atoms with van der Waals surface area (Å²) < 4.78 is 53.6. The Balaban J connectivity index is 1.77. The molecule has 0 saturated carbocycles. The summed E-state index contributed by atoms with van der Waals surface area (Å²) in [4.78, 5) is 0. The van der Waals surface area contributed by atoms with Crippen molar-refractivity contribution < 1.29 is 27.4 Å². The molecule has 9 heteroatoms. The Morgan fingerprint density at radius 2 is 1.72 bits per heavy atom. The summed E-state index contributed by atoms with van der Waals surface area (Å²) in [6.45, 7) is 0.738. The number of hydrogen-bond acceptors (Lipinski definition) is 5. The zero-order valence-corrected chi connectivity index (χ0v) is 15.7. The third-order valence-corrected chi connectivity index (χ3v) is 4.63. The van der Waals surface area contributed by atoms with E-state index in [2.05, 4.69) is 10.1 Å². The summed E-state index contributed by atoms with van der Waals surface area (Å²) in [7, 11) is 3.17. The van der Waals surface area contributed by atoms with Crippen molar-refractivity contribution in [3.63, 3.8) is 0 Å². The number of aromatic nitrogens is 2. The van der Waals surface area contributed by atoms with Gasteiger partial charge < -0.3 is 19.5 Å².